The van der Waals surface area contributed by atoms with Gasteiger partial charge in [-0.25, -0.2) is 4.98 Å². The highest BCUT2D eigenvalue weighted by molar-refractivity contribution is 8.01. The quantitative estimate of drug-likeness (QED) is 0.295. The first-order chi connectivity index (χ1) is 18.9. The molecule has 3 amide bonds. The van der Waals surface area contributed by atoms with Gasteiger partial charge in [0.1, 0.15) is 0 Å². The molecule has 0 aliphatic carbocycles. The standard InChI is InChI=1S/C29H28N4O4S2/c1-18-6-5-7-19(2)26(18)32-25(34)17-38-29-31-23-11-10-20(16-24(23)39-29)30-27(35)21-8-3-4-9-22(21)28(36)33-12-14-37-15-13-33/h3-11,16H,12-15,17H2,1-2H3,(H,30,35)(H,32,34). The highest BCUT2D eigenvalue weighted by Crippen LogP contribution is 2.32. The molecular formula is C29H28N4O4S2. The number of nitrogens with zero attached hydrogens (tertiary/aromatic N) is 2. The Morgan fingerprint density at radius 1 is 0.949 bits per heavy atom. The van der Waals surface area contributed by atoms with E-state index >= 15 is 0 Å². The zero-order valence-corrected chi connectivity index (χ0v) is 23.3. The van der Waals surface area contributed by atoms with Crippen LogP contribution in [0.2, 0.25) is 0 Å². The maximum Gasteiger partial charge on any atom is 0.256 e. The largest absolute Gasteiger partial charge is 0.378 e. The molecule has 3 aromatic carbocycles. The second-order valence-electron chi connectivity index (χ2n) is 9.17. The summed E-state index contributed by atoms with van der Waals surface area (Å²) >= 11 is 2.84. The summed E-state index contributed by atoms with van der Waals surface area (Å²) in [6.07, 6.45) is 0. The Hall–Kier alpha value is -3.73. The SMILES string of the molecule is Cc1cccc(C)c1NC(=O)CSc1nc2ccc(NC(=O)c3ccccc3C(=O)N3CCOCC3)cc2s1. The van der Waals surface area contributed by atoms with Crippen LogP contribution in [0.1, 0.15) is 31.8 Å². The lowest BCUT2D eigenvalue weighted by Crippen LogP contribution is -2.41. The third-order valence-corrected chi connectivity index (χ3v) is 8.56. The molecule has 0 unspecified atom stereocenters. The second kappa shape index (κ2) is 12.0. The molecule has 1 fully saturated rings. The molecule has 0 saturated carbocycles. The Morgan fingerprint density at radius 3 is 2.41 bits per heavy atom. The average molecular weight is 561 g/mol. The number of thioether (sulfide) groups is 1. The number of nitrogens with one attached hydrogen (secondary N) is 2. The van der Waals surface area contributed by atoms with E-state index in [1.807, 2.05) is 44.2 Å². The van der Waals surface area contributed by atoms with Gasteiger partial charge in [-0.05, 0) is 55.3 Å². The summed E-state index contributed by atoms with van der Waals surface area (Å²) in [6.45, 7) is 5.94. The molecule has 200 valence electrons. The van der Waals surface area contributed by atoms with E-state index < -0.39 is 0 Å². The van der Waals surface area contributed by atoms with Gasteiger partial charge in [0.15, 0.2) is 4.34 Å². The van der Waals surface area contributed by atoms with Crippen LogP contribution in [0.3, 0.4) is 0 Å². The number of ether oxygens (including phenoxy) is 1. The first-order valence-electron chi connectivity index (χ1n) is 12.6. The predicted octanol–water partition coefficient (Wildman–Crippen LogP) is 5.37. The summed E-state index contributed by atoms with van der Waals surface area (Å²) in [7, 11) is 0. The van der Waals surface area contributed by atoms with Crippen molar-refractivity contribution in [3.8, 4) is 0 Å². The van der Waals surface area contributed by atoms with E-state index in [0.29, 0.717) is 43.1 Å². The molecule has 1 aliphatic rings. The van der Waals surface area contributed by atoms with Gasteiger partial charge in [-0.15, -0.1) is 11.3 Å². The smallest absolute Gasteiger partial charge is 0.256 e. The third kappa shape index (κ3) is 6.30. The lowest BCUT2D eigenvalue weighted by molar-refractivity contribution is -0.113. The van der Waals surface area contributed by atoms with Crippen molar-refractivity contribution in [2.45, 2.75) is 18.2 Å². The topological polar surface area (TPSA) is 101 Å². The lowest BCUT2D eigenvalue weighted by atomic mass is 10.0. The van der Waals surface area contributed by atoms with Gasteiger partial charge in [0.2, 0.25) is 5.91 Å². The molecule has 2 heterocycles. The predicted molar refractivity (Wildman–Crippen MR) is 156 cm³/mol. The number of carbonyl (C=O) groups is 3. The summed E-state index contributed by atoms with van der Waals surface area (Å²) in [5, 5.41) is 5.92. The Labute approximate surface area is 234 Å². The van der Waals surface area contributed by atoms with E-state index in [1.165, 1.54) is 23.1 Å². The normalized spacial score (nSPS) is 13.3. The van der Waals surface area contributed by atoms with E-state index in [0.717, 1.165) is 31.4 Å². The number of hydrogen-bond acceptors (Lipinski definition) is 7. The molecule has 0 spiro atoms. The van der Waals surface area contributed by atoms with Crippen molar-refractivity contribution < 1.29 is 19.1 Å². The van der Waals surface area contributed by atoms with Gasteiger partial charge in [-0.2, -0.15) is 0 Å². The van der Waals surface area contributed by atoms with Crippen LogP contribution in [-0.4, -0.2) is 59.7 Å². The molecule has 0 atom stereocenters. The number of aromatic nitrogens is 1. The van der Waals surface area contributed by atoms with E-state index in [4.69, 9.17) is 4.74 Å². The van der Waals surface area contributed by atoms with Crippen LogP contribution in [0.4, 0.5) is 11.4 Å². The Balaban J connectivity index is 1.24. The molecule has 1 saturated heterocycles. The van der Waals surface area contributed by atoms with Gasteiger partial charge in [0.05, 0.1) is 40.3 Å². The molecule has 0 bridgehead atoms. The summed E-state index contributed by atoms with van der Waals surface area (Å²) in [5.74, 6) is -0.375. The number of carbonyl (C=O) groups excluding carboxylic acids is 3. The van der Waals surface area contributed by atoms with Gasteiger partial charge >= 0.3 is 0 Å². The van der Waals surface area contributed by atoms with Gasteiger partial charge in [-0.3, -0.25) is 14.4 Å². The van der Waals surface area contributed by atoms with Crippen LogP contribution in [0.5, 0.6) is 0 Å². The number of hydrogen-bond donors (Lipinski definition) is 2. The molecule has 2 N–H and O–H groups in total. The number of para-hydroxylation sites is 1. The summed E-state index contributed by atoms with van der Waals surface area (Å²) in [6, 6.07) is 18.2. The molecule has 8 nitrogen and oxygen atoms in total. The van der Waals surface area contributed by atoms with E-state index in [2.05, 4.69) is 15.6 Å². The monoisotopic (exact) mass is 560 g/mol. The molecule has 1 aromatic heterocycles. The van der Waals surface area contributed by atoms with Gasteiger partial charge in [-0.1, -0.05) is 42.1 Å². The molecule has 4 aromatic rings. The van der Waals surface area contributed by atoms with Crippen LogP contribution in [0.25, 0.3) is 10.2 Å². The number of fused-ring (bicyclic) bond motifs is 1. The fourth-order valence-corrected chi connectivity index (χ4v) is 6.27. The minimum absolute atomic E-state index is 0.0881. The number of thiazole rings is 1. The maximum absolute atomic E-state index is 13.2. The minimum Gasteiger partial charge on any atom is -0.378 e. The highest BCUT2D eigenvalue weighted by Gasteiger charge is 2.23. The zero-order valence-electron chi connectivity index (χ0n) is 21.7. The van der Waals surface area contributed by atoms with Crippen LogP contribution >= 0.6 is 23.1 Å². The Kier molecular flexibility index (Phi) is 8.25. The number of rotatable bonds is 7. The fraction of sp³-hybridized carbons (Fsp3) is 0.241. The van der Waals surface area contributed by atoms with Crippen molar-refractivity contribution in [1.29, 1.82) is 0 Å². The van der Waals surface area contributed by atoms with E-state index in [9.17, 15) is 14.4 Å². The molecule has 1 aliphatic heterocycles. The van der Waals surface area contributed by atoms with Crippen LogP contribution < -0.4 is 10.6 Å². The minimum atomic E-state index is -0.353. The van der Waals surface area contributed by atoms with Crippen molar-refractivity contribution in [3.05, 3.63) is 82.9 Å². The van der Waals surface area contributed by atoms with Crippen LogP contribution in [0.15, 0.2) is 65.0 Å². The molecule has 5 rings (SSSR count). The molecular weight excluding hydrogens is 532 g/mol. The van der Waals surface area contributed by atoms with Crippen LogP contribution in [-0.2, 0) is 9.53 Å². The number of benzene rings is 3. The number of anilines is 2. The van der Waals surface area contributed by atoms with E-state index in [1.54, 1.807) is 35.2 Å². The van der Waals surface area contributed by atoms with Crippen molar-refractivity contribution in [2.75, 3.05) is 42.7 Å². The van der Waals surface area contributed by atoms with Crippen molar-refractivity contribution in [3.63, 3.8) is 0 Å². The first kappa shape index (κ1) is 26.9. The number of morpholine rings is 1. The third-order valence-electron chi connectivity index (χ3n) is 6.40. The van der Waals surface area contributed by atoms with Crippen molar-refractivity contribution in [2.24, 2.45) is 0 Å². The molecule has 39 heavy (non-hydrogen) atoms. The van der Waals surface area contributed by atoms with Crippen molar-refractivity contribution >= 4 is 62.4 Å². The van der Waals surface area contributed by atoms with Crippen molar-refractivity contribution in [1.82, 2.24) is 9.88 Å². The van der Waals surface area contributed by atoms with Crippen LogP contribution in [0, 0.1) is 13.8 Å². The second-order valence-corrected chi connectivity index (χ2v) is 11.4. The fourth-order valence-electron chi connectivity index (χ4n) is 4.36. The number of amides is 3. The highest BCUT2D eigenvalue weighted by atomic mass is 32.2. The lowest BCUT2D eigenvalue weighted by Gasteiger charge is -2.27. The van der Waals surface area contributed by atoms with E-state index in [-0.39, 0.29) is 23.5 Å². The zero-order chi connectivity index (χ0) is 27.4. The number of aryl methyl sites for hydroxylation is 2. The Bertz CT molecular complexity index is 1530. The van der Waals surface area contributed by atoms with Gasteiger partial charge in [0, 0.05) is 24.5 Å². The van der Waals surface area contributed by atoms with Gasteiger partial charge < -0.3 is 20.3 Å². The first-order valence-corrected chi connectivity index (χ1v) is 14.4. The molecule has 0 radical (unpaired) electrons. The summed E-state index contributed by atoms with van der Waals surface area (Å²) in [5.41, 5.74) is 4.99. The maximum atomic E-state index is 13.2. The Morgan fingerprint density at radius 2 is 1.67 bits per heavy atom. The summed E-state index contributed by atoms with van der Waals surface area (Å²) < 4.78 is 7.00. The summed E-state index contributed by atoms with van der Waals surface area (Å²) in [4.78, 5) is 45.1. The average Bonchev–Trinajstić information content (AvgIpc) is 3.36. The van der Waals surface area contributed by atoms with Gasteiger partial charge in [0.25, 0.3) is 11.8 Å². The molecule has 10 heteroatoms.